The zero-order chi connectivity index (χ0) is 15.2. The van der Waals surface area contributed by atoms with Crippen LogP contribution in [0.2, 0.25) is 10.0 Å². The third-order valence-electron chi connectivity index (χ3n) is 2.58. The van der Waals surface area contributed by atoms with Crippen LogP contribution in [-0.2, 0) is 9.63 Å². The summed E-state index contributed by atoms with van der Waals surface area (Å²) in [5.74, 6) is -1.10. The van der Waals surface area contributed by atoms with Crippen LogP contribution in [-0.4, -0.2) is 23.4 Å². The molecule has 0 spiro atoms. The number of benzene rings is 2. The number of hydrogen-bond acceptors (Lipinski definition) is 3. The van der Waals surface area contributed by atoms with Gasteiger partial charge < -0.3 is 9.94 Å². The molecule has 0 aliphatic rings. The van der Waals surface area contributed by atoms with Crippen LogP contribution in [0.15, 0.2) is 53.7 Å². The molecule has 0 fully saturated rings. The van der Waals surface area contributed by atoms with Gasteiger partial charge in [-0.2, -0.15) is 0 Å². The molecule has 0 aliphatic carbocycles. The molecule has 0 unspecified atom stereocenters. The number of aliphatic carboxylic acids is 1. The maximum atomic E-state index is 10.5. The van der Waals surface area contributed by atoms with Crippen molar-refractivity contribution in [3.63, 3.8) is 0 Å². The Bertz CT molecular complexity index is 672. The fourth-order valence-electron chi connectivity index (χ4n) is 1.66. The standard InChI is InChI=1S/C15H11Cl2NO3/c16-12-7-6-11(8-13(12)17)15(18-21-9-14(19)20)10-4-2-1-3-5-10/h1-8H,9H2,(H,19,20)/b18-15-. The summed E-state index contributed by atoms with van der Waals surface area (Å²) in [4.78, 5) is 15.4. The minimum atomic E-state index is -1.10. The van der Waals surface area contributed by atoms with E-state index in [1.165, 1.54) is 0 Å². The molecule has 108 valence electrons. The molecule has 0 aliphatic heterocycles. The summed E-state index contributed by atoms with van der Waals surface area (Å²) in [6.45, 7) is -0.516. The second-order valence-corrected chi connectivity index (χ2v) is 4.92. The number of hydrogen-bond donors (Lipinski definition) is 1. The molecule has 0 heterocycles. The van der Waals surface area contributed by atoms with E-state index in [1.807, 2.05) is 30.3 Å². The number of halogens is 2. The number of rotatable bonds is 5. The highest BCUT2D eigenvalue weighted by Crippen LogP contribution is 2.24. The Labute approximate surface area is 131 Å². The van der Waals surface area contributed by atoms with Gasteiger partial charge in [0.15, 0.2) is 0 Å². The highest BCUT2D eigenvalue weighted by Gasteiger charge is 2.10. The Hall–Kier alpha value is -2.04. The number of carboxylic acids is 1. The fourth-order valence-corrected chi connectivity index (χ4v) is 1.96. The largest absolute Gasteiger partial charge is 0.479 e. The molecule has 0 atom stereocenters. The van der Waals surface area contributed by atoms with E-state index in [2.05, 4.69) is 5.16 Å². The average Bonchev–Trinajstić information content (AvgIpc) is 2.47. The first kappa shape index (κ1) is 15.4. The van der Waals surface area contributed by atoms with Crippen LogP contribution in [0.5, 0.6) is 0 Å². The topological polar surface area (TPSA) is 58.9 Å². The molecule has 6 heteroatoms. The van der Waals surface area contributed by atoms with Crippen LogP contribution in [0.4, 0.5) is 0 Å². The lowest BCUT2D eigenvalue weighted by Crippen LogP contribution is -2.08. The van der Waals surface area contributed by atoms with Crippen LogP contribution in [0.1, 0.15) is 11.1 Å². The summed E-state index contributed by atoms with van der Waals surface area (Å²) in [7, 11) is 0. The molecule has 2 aromatic carbocycles. The first-order chi connectivity index (χ1) is 10.1. The highest BCUT2D eigenvalue weighted by atomic mass is 35.5. The Kier molecular flexibility index (Phi) is 5.20. The van der Waals surface area contributed by atoms with Crippen molar-refractivity contribution in [3.05, 3.63) is 69.7 Å². The molecule has 0 saturated carbocycles. The maximum absolute atomic E-state index is 10.5. The molecule has 4 nitrogen and oxygen atoms in total. The summed E-state index contributed by atoms with van der Waals surface area (Å²) in [6.07, 6.45) is 0. The van der Waals surface area contributed by atoms with Crippen molar-refractivity contribution in [3.8, 4) is 0 Å². The molecule has 0 radical (unpaired) electrons. The zero-order valence-electron chi connectivity index (χ0n) is 10.8. The lowest BCUT2D eigenvalue weighted by molar-refractivity contribution is -0.142. The third-order valence-corrected chi connectivity index (χ3v) is 3.32. The number of nitrogens with zero attached hydrogens (tertiary/aromatic N) is 1. The van der Waals surface area contributed by atoms with Gasteiger partial charge in [-0.1, -0.05) is 64.8 Å². The Morgan fingerprint density at radius 2 is 1.76 bits per heavy atom. The second kappa shape index (κ2) is 7.11. The lowest BCUT2D eigenvalue weighted by Gasteiger charge is -2.08. The zero-order valence-corrected chi connectivity index (χ0v) is 12.3. The van der Waals surface area contributed by atoms with Gasteiger partial charge in [-0.15, -0.1) is 0 Å². The monoisotopic (exact) mass is 323 g/mol. The van der Waals surface area contributed by atoms with Crippen LogP contribution in [0.25, 0.3) is 0 Å². The molecule has 0 amide bonds. The van der Waals surface area contributed by atoms with E-state index in [4.69, 9.17) is 33.1 Å². The van der Waals surface area contributed by atoms with E-state index in [9.17, 15) is 4.79 Å². The maximum Gasteiger partial charge on any atom is 0.344 e. The fraction of sp³-hybridized carbons (Fsp3) is 0.0667. The third kappa shape index (κ3) is 4.21. The van der Waals surface area contributed by atoms with E-state index < -0.39 is 12.6 Å². The van der Waals surface area contributed by atoms with Crippen molar-refractivity contribution >= 4 is 34.9 Å². The minimum absolute atomic E-state index is 0.385. The first-order valence-corrected chi connectivity index (χ1v) is 6.76. The summed E-state index contributed by atoms with van der Waals surface area (Å²) in [5.41, 5.74) is 1.94. The lowest BCUT2D eigenvalue weighted by atomic mass is 10.0. The molecule has 0 aromatic heterocycles. The molecular formula is C15H11Cl2NO3. The van der Waals surface area contributed by atoms with Gasteiger partial charge in [0.05, 0.1) is 10.0 Å². The Morgan fingerprint density at radius 3 is 2.38 bits per heavy atom. The van der Waals surface area contributed by atoms with Crippen LogP contribution >= 0.6 is 23.2 Å². The Morgan fingerprint density at radius 1 is 1.05 bits per heavy atom. The molecule has 2 aromatic rings. The summed E-state index contributed by atoms with van der Waals surface area (Å²) in [6, 6.07) is 14.3. The molecule has 1 N–H and O–H groups in total. The predicted molar refractivity (Wildman–Crippen MR) is 82.1 cm³/mol. The van der Waals surface area contributed by atoms with Gasteiger partial charge in [0.25, 0.3) is 0 Å². The molecule has 21 heavy (non-hydrogen) atoms. The molecule has 0 saturated heterocycles. The number of carboxylic acid groups (broad SMARTS) is 1. The molecule has 2 rings (SSSR count). The highest BCUT2D eigenvalue weighted by molar-refractivity contribution is 6.42. The van der Waals surface area contributed by atoms with Gasteiger partial charge in [-0.05, 0) is 12.1 Å². The summed E-state index contributed by atoms with van der Waals surface area (Å²) < 4.78 is 0. The smallest absolute Gasteiger partial charge is 0.344 e. The van der Waals surface area contributed by atoms with Crippen molar-refractivity contribution in [1.29, 1.82) is 0 Å². The van der Waals surface area contributed by atoms with Crippen molar-refractivity contribution in [2.75, 3.05) is 6.61 Å². The van der Waals surface area contributed by atoms with Gasteiger partial charge in [0, 0.05) is 11.1 Å². The Balaban J connectivity index is 2.40. The van der Waals surface area contributed by atoms with Gasteiger partial charge in [-0.3, -0.25) is 0 Å². The van der Waals surface area contributed by atoms with Gasteiger partial charge >= 0.3 is 5.97 Å². The average molecular weight is 324 g/mol. The van der Waals surface area contributed by atoms with Crippen molar-refractivity contribution in [2.24, 2.45) is 5.16 Å². The summed E-state index contributed by atoms with van der Waals surface area (Å²) in [5, 5.41) is 13.3. The predicted octanol–water partition coefficient (Wildman–Crippen LogP) is 3.85. The van der Waals surface area contributed by atoms with Crippen LogP contribution < -0.4 is 0 Å². The van der Waals surface area contributed by atoms with Crippen LogP contribution in [0, 0.1) is 0 Å². The quantitative estimate of drug-likeness (QED) is 0.671. The second-order valence-electron chi connectivity index (χ2n) is 4.10. The normalized spacial score (nSPS) is 11.2. The minimum Gasteiger partial charge on any atom is -0.479 e. The van der Waals surface area contributed by atoms with E-state index in [1.54, 1.807) is 18.2 Å². The molecular weight excluding hydrogens is 313 g/mol. The summed E-state index contributed by atoms with van der Waals surface area (Å²) >= 11 is 11.9. The number of oxime groups is 1. The van der Waals surface area contributed by atoms with E-state index in [0.29, 0.717) is 21.3 Å². The van der Waals surface area contributed by atoms with Crippen molar-refractivity contribution in [2.45, 2.75) is 0 Å². The van der Waals surface area contributed by atoms with Crippen molar-refractivity contribution in [1.82, 2.24) is 0 Å². The van der Waals surface area contributed by atoms with Crippen LogP contribution in [0.3, 0.4) is 0 Å². The first-order valence-electron chi connectivity index (χ1n) is 6.00. The van der Waals surface area contributed by atoms with Gasteiger partial charge in [-0.25, -0.2) is 4.79 Å². The van der Waals surface area contributed by atoms with E-state index in [0.717, 1.165) is 5.56 Å². The molecule has 0 bridgehead atoms. The van der Waals surface area contributed by atoms with E-state index in [-0.39, 0.29) is 0 Å². The van der Waals surface area contributed by atoms with Gasteiger partial charge in [0.1, 0.15) is 5.71 Å². The van der Waals surface area contributed by atoms with Gasteiger partial charge in [0.2, 0.25) is 6.61 Å². The van der Waals surface area contributed by atoms with E-state index >= 15 is 0 Å². The number of carbonyl (C=O) groups is 1. The van der Waals surface area contributed by atoms with Crippen molar-refractivity contribution < 1.29 is 14.7 Å². The SMILES string of the molecule is O=C(O)CO/N=C(/c1ccccc1)c1ccc(Cl)c(Cl)c1.